The molecule has 0 aliphatic heterocycles. The highest BCUT2D eigenvalue weighted by molar-refractivity contribution is 9.12. The van der Waals surface area contributed by atoms with Gasteiger partial charge >= 0.3 is 0 Å². The summed E-state index contributed by atoms with van der Waals surface area (Å²) in [5.41, 5.74) is 0. The molecule has 0 unspecified atom stereocenters. The predicted molar refractivity (Wildman–Crippen MR) is 43.5 cm³/mol. The standard InChI is InChI=1S/C6H9Br.ClH/c1-2-3-4-5-6-7;/h2-4H2,1H3;1H. The fourth-order valence-corrected chi connectivity index (χ4v) is 0.511. The Balaban J connectivity index is 0. The number of halogens is 2. The molecule has 0 aromatic carbocycles. The van der Waals surface area contributed by atoms with Gasteiger partial charge in [0.15, 0.2) is 0 Å². The average Bonchev–Trinajstić information content (AvgIpc) is 1.69. The molecule has 0 N–H and O–H groups in total. The molecule has 8 heavy (non-hydrogen) atoms. The molecule has 0 saturated carbocycles. The summed E-state index contributed by atoms with van der Waals surface area (Å²) in [5.74, 6) is 2.92. The second-order valence-electron chi connectivity index (χ2n) is 1.37. The van der Waals surface area contributed by atoms with Crippen molar-refractivity contribution in [2.75, 3.05) is 0 Å². The summed E-state index contributed by atoms with van der Waals surface area (Å²) < 4.78 is 0. The van der Waals surface area contributed by atoms with Crippen LogP contribution in [-0.2, 0) is 0 Å². The molecule has 0 aromatic rings. The molecule has 0 saturated heterocycles. The van der Waals surface area contributed by atoms with Crippen LogP contribution in [0.2, 0.25) is 0 Å². The van der Waals surface area contributed by atoms with Crippen LogP contribution < -0.4 is 0 Å². The Morgan fingerprint density at radius 2 is 2.12 bits per heavy atom. The molecule has 2 heteroatoms. The zero-order valence-corrected chi connectivity index (χ0v) is 7.31. The molecule has 48 valence electrons. The van der Waals surface area contributed by atoms with Gasteiger partial charge in [-0.05, 0) is 11.3 Å². The van der Waals surface area contributed by atoms with Crippen molar-refractivity contribution >= 4 is 28.3 Å². The van der Waals surface area contributed by atoms with E-state index in [1.165, 1.54) is 12.8 Å². The maximum Gasteiger partial charge on any atom is 0.0106 e. The van der Waals surface area contributed by atoms with Crippen molar-refractivity contribution in [3.63, 3.8) is 0 Å². The number of hydrogen-bond acceptors (Lipinski definition) is 0. The van der Waals surface area contributed by atoms with E-state index in [1.807, 2.05) is 0 Å². The van der Waals surface area contributed by atoms with Crippen molar-refractivity contribution in [2.45, 2.75) is 26.2 Å². The average molecular weight is 198 g/mol. The van der Waals surface area contributed by atoms with E-state index in [4.69, 9.17) is 0 Å². The van der Waals surface area contributed by atoms with Crippen LogP contribution in [0, 0.1) is 10.8 Å². The Bertz CT molecular complexity index is 80.3. The van der Waals surface area contributed by atoms with E-state index in [2.05, 4.69) is 33.6 Å². The van der Waals surface area contributed by atoms with E-state index in [9.17, 15) is 0 Å². The fraction of sp³-hybridized carbons (Fsp3) is 0.667. The van der Waals surface area contributed by atoms with Crippen LogP contribution in [0.15, 0.2) is 0 Å². The summed E-state index contributed by atoms with van der Waals surface area (Å²) in [4.78, 5) is 2.66. The normalized spacial score (nSPS) is 6.25. The molecule has 0 fully saturated rings. The molecule has 0 rings (SSSR count). The summed E-state index contributed by atoms with van der Waals surface area (Å²) in [6, 6.07) is 0. The minimum absolute atomic E-state index is 0. The van der Waals surface area contributed by atoms with Crippen molar-refractivity contribution in [3.8, 4) is 10.8 Å². The third-order valence-electron chi connectivity index (χ3n) is 0.722. The zero-order chi connectivity index (χ0) is 5.54. The highest BCUT2D eigenvalue weighted by atomic mass is 79.9. The smallest absolute Gasteiger partial charge is 0.0106 e. The summed E-state index contributed by atoms with van der Waals surface area (Å²) >= 11 is 3.02. The summed E-state index contributed by atoms with van der Waals surface area (Å²) in [7, 11) is 0. The van der Waals surface area contributed by atoms with Gasteiger partial charge in [-0.25, -0.2) is 0 Å². The SMILES string of the molecule is CCCCC#CBr.Cl. The largest absolute Gasteiger partial charge is 0.147 e. The summed E-state index contributed by atoms with van der Waals surface area (Å²) in [5, 5.41) is 0. The molecular weight excluding hydrogens is 187 g/mol. The Kier molecular flexibility index (Phi) is 14.4. The van der Waals surface area contributed by atoms with Gasteiger partial charge in [-0.15, -0.1) is 12.4 Å². The first kappa shape index (κ1) is 11.2. The van der Waals surface area contributed by atoms with Gasteiger partial charge in [0, 0.05) is 22.4 Å². The molecule has 0 aliphatic carbocycles. The van der Waals surface area contributed by atoms with E-state index >= 15 is 0 Å². The molecule has 0 heterocycles. The van der Waals surface area contributed by atoms with E-state index < -0.39 is 0 Å². The predicted octanol–water partition coefficient (Wildman–Crippen LogP) is 2.95. The molecular formula is C6H10BrCl. The molecule has 0 nitrogen and oxygen atoms in total. The van der Waals surface area contributed by atoms with Crippen LogP contribution in [0.1, 0.15) is 26.2 Å². The second-order valence-corrected chi connectivity index (χ2v) is 1.77. The van der Waals surface area contributed by atoms with Gasteiger partial charge in [0.05, 0.1) is 0 Å². The van der Waals surface area contributed by atoms with Gasteiger partial charge in [-0.3, -0.25) is 0 Å². The maximum absolute atomic E-state index is 3.02. The minimum Gasteiger partial charge on any atom is -0.147 e. The quantitative estimate of drug-likeness (QED) is 0.472. The number of unbranched alkanes of at least 4 members (excludes halogenated alkanes) is 2. The highest BCUT2D eigenvalue weighted by Crippen LogP contribution is 1.90. The fourth-order valence-electron chi connectivity index (χ4n) is 0.312. The lowest BCUT2D eigenvalue weighted by Gasteiger charge is -1.80. The minimum atomic E-state index is 0. The van der Waals surface area contributed by atoms with Gasteiger partial charge in [-0.1, -0.05) is 19.3 Å². The van der Waals surface area contributed by atoms with Gasteiger partial charge in [0.1, 0.15) is 0 Å². The second kappa shape index (κ2) is 10.3. The Hall–Kier alpha value is 0.330. The van der Waals surface area contributed by atoms with Crippen molar-refractivity contribution in [2.24, 2.45) is 0 Å². The lowest BCUT2D eigenvalue weighted by atomic mass is 10.3. The summed E-state index contributed by atoms with van der Waals surface area (Å²) in [6.45, 7) is 2.16. The number of hydrogen-bond donors (Lipinski definition) is 0. The molecule has 0 bridgehead atoms. The first-order chi connectivity index (χ1) is 3.41. The molecule has 0 aliphatic rings. The topological polar surface area (TPSA) is 0 Å². The van der Waals surface area contributed by atoms with Crippen molar-refractivity contribution in [1.29, 1.82) is 0 Å². The van der Waals surface area contributed by atoms with Crippen LogP contribution >= 0.6 is 28.3 Å². The molecule has 0 amide bonds. The summed E-state index contributed by atoms with van der Waals surface area (Å²) in [6.07, 6.45) is 3.49. The third-order valence-corrected chi connectivity index (χ3v) is 1.00. The van der Waals surface area contributed by atoms with Crippen LogP contribution in [0.4, 0.5) is 0 Å². The van der Waals surface area contributed by atoms with E-state index in [1.54, 1.807) is 0 Å². The van der Waals surface area contributed by atoms with Crippen LogP contribution in [0.3, 0.4) is 0 Å². The van der Waals surface area contributed by atoms with Gasteiger partial charge in [0.2, 0.25) is 0 Å². The van der Waals surface area contributed by atoms with Gasteiger partial charge in [0.25, 0.3) is 0 Å². The highest BCUT2D eigenvalue weighted by Gasteiger charge is 1.73. The van der Waals surface area contributed by atoms with Crippen molar-refractivity contribution < 1.29 is 0 Å². The molecule has 0 aromatic heterocycles. The molecule has 0 radical (unpaired) electrons. The lowest BCUT2D eigenvalue weighted by molar-refractivity contribution is 0.828. The monoisotopic (exact) mass is 196 g/mol. The molecule has 0 spiro atoms. The van der Waals surface area contributed by atoms with Gasteiger partial charge in [-0.2, -0.15) is 0 Å². The first-order valence-electron chi connectivity index (χ1n) is 2.50. The lowest BCUT2D eigenvalue weighted by Crippen LogP contribution is -1.63. The first-order valence-corrected chi connectivity index (χ1v) is 3.29. The number of rotatable bonds is 2. The maximum atomic E-state index is 3.02. The molecule has 0 atom stereocenters. The zero-order valence-electron chi connectivity index (χ0n) is 4.91. The van der Waals surface area contributed by atoms with Crippen LogP contribution in [0.5, 0.6) is 0 Å². The van der Waals surface area contributed by atoms with E-state index in [0.29, 0.717) is 0 Å². The Morgan fingerprint density at radius 1 is 1.50 bits per heavy atom. The third kappa shape index (κ3) is 9.59. The van der Waals surface area contributed by atoms with Gasteiger partial charge < -0.3 is 0 Å². The van der Waals surface area contributed by atoms with E-state index in [0.717, 1.165) is 6.42 Å². The van der Waals surface area contributed by atoms with Crippen LogP contribution in [0.25, 0.3) is 0 Å². The van der Waals surface area contributed by atoms with E-state index in [-0.39, 0.29) is 12.4 Å². The Labute approximate surface area is 65.6 Å². The van der Waals surface area contributed by atoms with Crippen molar-refractivity contribution in [1.82, 2.24) is 0 Å². The van der Waals surface area contributed by atoms with Crippen molar-refractivity contribution in [3.05, 3.63) is 0 Å². The van der Waals surface area contributed by atoms with Crippen LogP contribution in [-0.4, -0.2) is 0 Å². The Morgan fingerprint density at radius 3 is 2.50 bits per heavy atom.